The number of rotatable bonds is 4. The van der Waals surface area contributed by atoms with Gasteiger partial charge in [0.1, 0.15) is 23.3 Å². The van der Waals surface area contributed by atoms with Crippen LogP contribution < -0.4 is 5.32 Å². The fourth-order valence-corrected chi connectivity index (χ4v) is 2.48. The van der Waals surface area contributed by atoms with Crippen molar-refractivity contribution in [2.45, 2.75) is 0 Å². The Balaban J connectivity index is 2.07. The number of aromatic nitrogens is 2. The molecule has 0 aliphatic carbocycles. The Bertz CT molecular complexity index is 1100. The number of halogens is 1. The van der Waals surface area contributed by atoms with Crippen LogP contribution in [0.15, 0.2) is 59.9 Å². The van der Waals surface area contributed by atoms with Gasteiger partial charge in [-0.15, -0.1) is 0 Å². The van der Waals surface area contributed by atoms with Gasteiger partial charge in [-0.2, -0.15) is 5.26 Å². The van der Waals surface area contributed by atoms with Crippen LogP contribution in [-0.2, 0) is 0 Å². The highest BCUT2D eigenvalue weighted by Crippen LogP contribution is 2.31. The van der Waals surface area contributed by atoms with E-state index in [1.807, 2.05) is 6.07 Å². The van der Waals surface area contributed by atoms with Crippen LogP contribution in [0.5, 0.6) is 5.75 Å². The number of carbonyl (C=O) groups is 1. The summed E-state index contributed by atoms with van der Waals surface area (Å²) >= 11 is 0. The van der Waals surface area contributed by atoms with Crippen LogP contribution in [0.1, 0.15) is 16.1 Å². The standard InChI is InChI=1S/C20H14FN5O2/c1-23-20(28)16-10-12(6-8-24-16)18-19(27)15(7-9-25-18)17(11-22)26-14-4-2-13(21)3-5-14/h2-10,27H,1H3,(H,23,28). The highest BCUT2D eigenvalue weighted by atomic mass is 19.1. The maximum absolute atomic E-state index is 13.1. The minimum Gasteiger partial charge on any atom is -0.505 e. The van der Waals surface area contributed by atoms with Crippen molar-refractivity contribution < 1.29 is 14.3 Å². The normalized spacial score (nSPS) is 11.0. The minimum atomic E-state index is -0.420. The first kappa shape index (κ1) is 18.7. The molecule has 2 heterocycles. The molecule has 2 aromatic heterocycles. The van der Waals surface area contributed by atoms with Crippen LogP contribution in [0.2, 0.25) is 0 Å². The molecule has 3 rings (SSSR count). The smallest absolute Gasteiger partial charge is 0.269 e. The summed E-state index contributed by atoms with van der Waals surface area (Å²) in [6, 6.07) is 11.7. The van der Waals surface area contributed by atoms with E-state index in [-0.39, 0.29) is 34.3 Å². The van der Waals surface area contributed by atoms with Crippen molar-refractivity contribution in [1.29, 1.82) is 5.26 Å². The molecule has 0 fully saturated rings. The van der Waals surface area contributed by atoms with E-state index in [1.54, 1.807) is 6.07 Å². The van der Waals surface area contributed by atoms with Crippen LogP contribution >= 0.6 is 0 Å². The Morgan fingerprint density at radius 3 is 2.57 bits per heavy atom. The van der Waals surface area contributed by atoms with Crippen molar-refractivity contribution in [3.05, 3.63) is 71.9 Å². The lowest BCUT2D eigenvalue weighted by Gasteiger charge is -2.09. The average Bonchev–Trinajstić information content (AvgIpc) is 2.73. The van der Waals surface area contributed by atoms with E-state index < -0.39 is 5.82 Å². The van der Waals surface area contributed by atoms with Gasteiger partial charge < -0.3 is 10.4 Å². The Morgan fingerprint density at radius 2 is 1.89 bits per heavy atom. The molecule has 0 aliphatic heterocycles. The van der Waals surface area contributed by atoms with Gasteiger partial charge in [0.05, 0.1) is 11.3 Å². The first-order valence-corrected chi connectivity index (χ1v) is 8.14. The Hall–Kier alpha value is -4.12. The van der Waals surface area contributed by atoms with Crippen molar-refractivity contribution in [3.8, 4) is 23.1 Å². The van der Waals surface area contributed by atoms with Gasteiger partial charge in [0.25, 0.3) is 5.91 Å². The molecule has 3 aromatic rings. The largest absolute Gasteiger partial charge is 0.505 e. The summed E-state index contributed by atoms with van der Waals surface area (Å²) in [6.07, 6.45) is 2.84. The molecule has 28 heavy (non-hydrogen) atoms. The number of hydrogen-bond acceptors (Lipinski definition) is 6. The second-order valence-corrected chi connectivity index (χ2v) is 5.61. The molecule has 0 unspecified atom stereocenters. The zero-order chi connectivity index (χ0) is 20.1. The first-order valence-electron chi connectivity index (χ1n) is 8.14. The Labute approximate surface area is 159 Å². The number of amides is 1. The van der Waals surface area contributed by atoms with Crippen molar-refractivity contribution in [3.63, 3.8) is 0 Å². The number of nitrogens with zero attached hydrogens (tertiary/aromatic N) is 4. The molecule has 7 nitrogen and oxygen atoms in total. The second-order valence-electron chi connectivity index (χ2n) is 5.61. The predicted molar refractivity (Wildman–Crippen MR) is 101 cm³/mol. The van der Waals surface area contributed by atoms with Crippen molar-refractivity contribution in [2.75, 3.05) is 7.05 Å². The zero-order valence-corrected chi connectivity index (χ0v) is 14.7. The van der Waals surface area contributed by atoms with Gasteiger partial charge in [-0.05, 0) is 42.5 Å². The number of carbonyl (C=O) groups excluding carboxylic acids is 1. The predicted octanol–water partition coefficient (Wildman–Crippen LogP) is 2.99. The molecule has 1 amide bonds. The molecule has 0 spiro atoms. The highest BCUT2D eigenvalue weighted by Gasteiger charge is 2.16. The van der Waals surface area contributed by atoms with Gasteiger partial charge in [0, 0.05) is 25.0 Å². The van der Waals surface area contributed by atoms with E-state index >= 15 is 0 Å². The lowest BCUT2D eigenvalue weighted by atomic mass is 10.0. The van der Waals surface area contributed by atoms with Crippen molar-refractivity contribution in [2.24, 2.45) is 4.99 Å². The number of aromatic hydroxyl groups is 1. The summed E-state index contributed by atoms with van der Waals surface area (Å²) in [5.41, 5.74) is 1.25. The summed E-state index contributed by atoms with van der Waals surface area (Å²) in [5, 5.41) is 22.6. The summed E-state index contributed by atoms with van der Waals surface area (Å²) in [6.45, 7) is 0. The number of benzene rings is 1. The van der Waals surface area contributed by atoms with Gasteiger partial charge in [-0.3, -0.25) is 14.8 Å². The minimum absolute atomic E-state index is 0.0617. The maximum Gasteiger partial charge on any atom is 0.269 e. The molecular weight excluding hydrogens is 361 g/mol. The van der Waals surface area contributed by atoms with Gasteiger partial charge >= 0.3 is 0 Å². The Morgan fingerprint density at radius 1 is 1.18 bits per heavy atom. The van der Waals surface area contributed by atoms with E-state index in [4.69, 9.17) is 0 Å². The maximum atomic E-state index is 13.1. The molecule has 0 radical (unpaired) electrons. The zero-order valence-electron chi connectivity index (χ0n) is 14.7. The van der Waals surface area contributed by atoms with E-state index in [2.05, 4.69) is 20.3 Å². The second kappa shape index (κ2) is 8.05. The van der Waals surface area contributed by atoms with Crippen LogP contribution in [0, 0.1) is 17.1 Å². The third-order valence-corrected chi connectivity index (χ3v) is 3.85. The quantitative estimate of drug-likeness (QED) is 0.681. The molecule has 0 saturated carbocycles. The molecule has 138 valence electrons. The molecule has 0 saturated heterocycles. The van der Waals surface area contributed by atoms with Crippen LogP contribution in [0.4, 0.5) is 10.1 Å². The third-order valence-electron chi connectivity index (χ3n) is 3.85. The van der Waals surface area contributed by atoms with E-state index in [9.17, 15) is 19.6 Å². The number of nitrogens with one attached hydrogen (secondary N) is 1. The van der Waals surface area contributed by atoms with Crippen LogP contribution in [-0.4, -0.2) is 33.7 Å². The first-order chi connectivity index (χ1) is 13.5. The monoisotopic (exact) mass is 375 g/mol. The average molecular weight is 375 g/mol. The third kappa shape index (κ3) is 3.83. The van der Waals surface area contributed by atoms with E-state index in [1.165, 1.54) is 55.8 Å². The molecule has 1 aromatic carbocycles. The number of nitriles is 1. The SMILES string of the molecule is CNC(=O)c1cc(-c2nccc(C(C#N)=Nc3ccc(F)cc3)c2O)ccn1. The van der Waals surface area contributed by atoms with Gasteiger partial charge in [0.15, 0.2) is 11.5 Å². The topological polar surface area (TPSA) is 111 Å². The molecular formula is C20H14FN5O2. The van der Waals surface area contributed by atoms with Gasteiger partial charge in [-0.25, -0.2) is 9.38 Å². The highest BCUT2D eigenvalue weighted by molar-refractivity contribution is 6.15. The lowest BCUT2D eigenvalue weighted by Crippen LogP contribution is -2.19. The number of aliphatic imine (C=N–C) groups is 1. The van der Waals surface area contributed by atoms with Crippen LogP contribution in [0.3, 0.4) is 0 Å². The van der Waals surface area contributed by atoms with E-state index in [0.717, 1.165) is 0 Å². The molecule has 2 N–H and O–H groups in total. The van der Waals surface area contributed by atoms with Gasteiger partial charge in [-0.1, -0.05) is 0 Å². The summed E-state index contributed by atoms with van der Waals surface area (Å²) in [5.74, 6) is -1.07. The van der Waals surface area contributed by atoms with Crippen molar-refractivity contribution in [1.82, 2.24) is 15.3 Å². The summed E-state index contributed by atoms with van der Waals surface area (Å²) in [7, 11) is 1.48. The molecule has 0 bridgehead atoms. The fraction of sp³-hybridized carbons (Fsp3) is 0.0500. The summed E-state index contributed by atoms with van der Waals surface area (Å²) in [4.78, 5) is 24.1. The fourth-order valence-electron chi connectivity index (χ4n) is 2.48. The van der Waals surface area contributed by atoms with E-state index in [0.29, 0.717) is 11.3 Å². The lowest BCUT2D eigenvalue weighted by molar-refractivity contribution is 0.0958. The number of pyridine rings is 2. The van der Waals surface area contributed by atoms with Gasteiger partial charge in [0.2, 0.25) is 0 Å². The number of hydrogen-bond donors (Lipinski definition) is 2. The van der Waals surface area contributed by atoms with Crippen LogP contribution in [0.25, 0.3) is 11.3 Å². The summed E-state index contributed by atoms with van der Waals surface area (Å²) < 4.78 is 13.1. The molecule has 8 heteroatoms. The van der Waals surface area contributed by atoms with Crippen molar-refractivity contribution >= 4 is 17.3 Å². The Kier molecular flexibility index (Phi) is 5.37. The molecule has 0 aliphatic rings. The molecule has 0 atom stereocenters.